The van der Waals surface area contributed by atoms with E-state index < -0.39 is 0 Å². The molecule has 5 nitrogen and oxygen atoms in total. The lowest BCUT2D eigenvalue weighted by atomic mass is 10.1. The first-order valence-corrected chi connectivity index (χ1v) is 6.46. The van der Waals surface area contributed by atoms with Crippen LogP contribution in [-0.4, -0.2) is 23.1 Å². The first-order chi connectivity index (χ1) is 8.61. The van der Waals surface area contributed by atoms with Crippen molar-refractivity contribution in [2.75, 3.05) is 7.11 Å². The summed E-state index contributed by atoms with van der Waals surface area (Å²) in [6.45, 7) is 4.67. The van der Waals surface area contributed by atoms with Gasteiger partial charge in [-0.2, -0.15) is 0 Å². The van der Waals surface area contributed by atoms with Crippen LogP contribution in [0.2, 0.25) is 0 Å². The SMILES string of the molecule is COC(c1ncc(CNC2CC2)c(=O)[nH]1)C(C)C. The zero-order valence-electron chi connectivity index (χ0n) is 11.2. The average molecular weight is 251 g/mol. The summed E-state index contributed by atoms with van der Waals surface area (Å²) in [5, 5.41) is 3.31. The first kappa shape index (κ1) is 13.2. The zero-order chi connectivity index (χ0) is 13.1. The van der Waals surface area contributed by atoms with E-state index in [1.807, 2.05) is 13.8 Å². The number of ether oxygens (including phenoxy) is 1. The van der Waals surface area contributed by atoms with Crippen LogP contribution in [0.3, 0.4) is 0 Å². The molecule has 0 bridgehead atoms. The molecule has 1 unspecified atom stereocenters. The van der Waals surface area contributed by atoms with E-state index >= 15 is 0 Å². The normalized spacial score (nSPS) is 17.1. The van der Waals surface area contributed by atoms with Gasteiger partial charge in [-0.1, -0.05) is 13.8 Å². The Hall–Kier alpha value is -1.20. The van der Waals surface area contributed by atoms with Gasteiger partial charge in [-0.3, -0.25) is 4.79 Å². The van der Waals surface area contributed by atoms with Crippen molar-refractivity contribution in [3.63, 3.8) is 0 Å². The Kier molecular flexibility index (Phi) is 4.14. The van der Waals surface area contributed by atoms with Crippen molar-refractivity contribution in [1.29, 1.82) is 0 Å². The molecule has 2 N–H and O–H groups in total. The number of H-pyrrole nitrogens is 1. The molecule has 100 valence electrons. The smallest absolute Gasteiger partial charge is 0.255 e. The highest BCUT2D eigenvalue weighted by molar-refractivity contribution is 5.08. The van der Waals surface area contributed by atoms with Crippen LogP contribution < -0.4 is 10.9 Å². The molecular weight excluding hydrogens is 230 g/mol. The molecule has 1 heterocycles. The summed E-state index contributed by atoms with van der Waals surface area (Å²) in [4.78, 5) is 19.1. The summed E-state index contributed by atoms with van der Waals surface area (Å²) in [6.07, 6.45) is 3.91. The zero-order valence-corrected chi connectivity index (χ0v) is 11.2. The summed E-state index contributed by atoms with van der Waals surface area (Å²) < 4.78 is 5.35. The monoisotopic (exact) mass is 251 g/mol. The maximum absolute atomic E-state index is 11.9. The van der Waals surface area contributed by atoms with E-state index in [2.05, 4.69) is 15.3 Å². The number of aromatic amines is 1. The van der Waals surface area contributed by atoms with E-state index in [9.17, 15) is 4.79 Å². The molecule has 1 fully saturated rings. The number of hydrogen-bond donors (Lipinski definition) is 2. The maximum atomic E-state index is 11.9. The molecule has 1 saturated carbocycles. The van der Waals surface area contributed by atoms with Crippen molar-refractivity contribution in [3.8, 4) is 0 Å². The maximum Gasteiger partial charge on any atom is 0.255 e. The van der Waals surface area contributed by atoms with Gasteiger partial charge in [-0.25, -0.2) is 4.98 Å². The lowest BCUT2D eigenvalue weighted by molar-refractivity contribution is 0.0572. The van der Waals surface area contributed by atoms with Gasteiger partial charge < -0.3 is 15.0 Å². The van der Waals surface area contributed by atoms with Gasteiger partial charge in [-0.15, -0.1) is 0 Å². The standard InChI is InChI=1S/C13H21N3O2/c1-8(2)11(18-3)12-15-7-9(13(17)16-12)6-14-10-4-5-10/h7-8,10-11,14H,4-6H2,1-3H3,(H,15,16,17). The molecule has 18 heavy (non-hydrogen) atoms. The van der Waals surface area contributed by atoms with Crippen molar-refractivity contribution < 1.29 is 4.74 Å². The van der Waals surface area contributed by atoms with Crippen LogP contribution in [0.4, 0.5) is 0 Å². The summed E-state index contributed by atoms with van der Waals surface area (Å²) >= 11 is 0. The van der Waals surface area contributed by atoms with Crippen molar-refractivity contribution >= 4 is 0 Å². The number of aromatic nitrogens is 2. The minimum atomic E-state index is -0.164. The van der Waals surface area contributed by atoms with Crippen LogP contribution in [0.5, 0.6) is 0 Å². The highest BCUT2D eigenvalue weighted by Gasteiger charge is 2.21. The molecule has 0 saturated heterocycles. The summed E-state index contributed by atoms with van der Waals surface area (Å²) in [7, 11) is 1.63. The van der Waals surface area contributed by atoms with E-state index in [0.29, 0.717) is 24.0 Å². The van der Waals surface area contributed by atoms with E-state index in [4.69, 9.17) is 4.74 Å². The lowest BCUT2D eigenvalue weighted by Gasteiger charge is -2.18. The second-order valence-corrected chi connectivity index (χ2v) is 5.18. The first-order valence-electron chi connectivity index (χ1n) is 6.46. The Balaban J connectivity index is 2.10. The van der Waals surface area contributed by atoms with Crippen LogP contribution >= 0.6 is 0 Å². The minimum Gasteiger partial charge on any atom is -0.373 e. The van der Waals surface area contributed by atoms with Crippen LogP contribution in [0.25, 0.3) is 0 Å². The summed E-state index contributed by atoms with van der Waals surface area (Å²) in [6, 6.07) is 0.589. The minimum absolute atomic E-state index is 0.0733. The van der Waals surface area contributed by atoms with Gasteiger partial charge in [0, 0.05) is 31.5 Å². The Morgan fingerprint density at radius 3 is 2.78 bits per heavy atom. The van der Waals surface area contributed by atoms with Gasteiger partial charge in [0.15, 0.2) is 0 Å². The quantitative estimate of drug-likeness (QED) is 0.801. The van der Waals surface area contributed by atoms with Gasteiger partial charge in [-0.05, 0) is 18.8 Å². The molecule has 5 heteroatoms. The van der Waals surface area contributed by atoms with Gasteiger partial charge in [0.1, 0.15) is 11.9 Å². The second-order valence-electron chi connectivity index (χ2n) is 5.18. The van der Waals surface area contributed by atoms with Crippen LogP contribution in [0, 0.1) is 5.92 Å². The summed E-state index contributed by atoms with van der Waals surface area (Å²) in [5.41, 5.74) is 0.611. The summed E-state index contributed by atoms with van der Waals surface area (Å²) in [5.74, 6) is 0.876. The molecule has 0 amide bonds. The third-order valence-electron chi connectivity index (χ3n) is 3.18. The van der Waals surface area contributed by atoms with Crippen molar-refractivity contribution in [3.05, 3.63) is 27.9 Å². The van der Waals surface area contributed by atoms with Gasteiger partial charge in [0.2, 0.25) is 0 Å². The Labute approximate surface area is 107 Å². The molecule has 1 atom stereocenters. The fraction of sp³-hybridized carbons (Fsp3) is 0.692. The predicted molar refractivity (Wildman–Crippen MR) is 69.3 cm³/mol. The van der Waals surface area contributed by atoms with Gasteiger partial charge in [0.25, 0.3) is 5.56 Å². The van der Waals surface area contributed by atoms with Crippen LogP contribution in [0.1, 0.15) is 44.2 Å². The molecule has 1 aliphatic rings. The van der Waals surface area contributed by atoms with Crippen molar-refractivity contribution in [1.82, 2.24) is 15.3 Å². The molecule has 2 rings (SSSR count). The molecule has 1 aromatic heterocycles. The highest BCUT2D eigenvalue weighted by atomic mass is 16.5. The van der Waals surface area contributed by atoms with Crippen LogP contribution in [-0.2, 0) is 11.3 Å². The predicted octanol–water partition coefficient (Wildman–Crippen LogP) is 1.37. The number of hydrogen-bond acceptors (Lipinski definition) is 4. The lowest BCUT2D eigenvalue weighted by Crippen LogP contribution is -2.25. The fourth-order valence-electron chi connectivity index (χ4n) is 1.95. The molecule has 0 radical (unpaired) electrons. The highest BCUT2D eigenvalue weighted by Crippen LogP contribution is 2.21. The van der Waals surface area contributed by atoms with Gasteiger partial charge >= 0.3 is 0 Å². The molecule has 0 aromatic carbocycles. The Bertz CT molecular complexity index is 452. The topological polar surface area (TPSA) is 67.0 Å². The van der Waals surface area contributed by atoms with Gasteiger partial charge in [0.05, 0.1) is 0 Å². The molecular formula is C13H21N3O2. The fourth-order valence-corrected chi connectivity index (χ4v) is 1.95. The molecule has 1 aromatic rings. The van der Waals surface area contributed by atoms with E-state index in [1.54, 1.807) is 13.3 Å². The molecule has 1 aliphatic carbocycles. The number of nitrogens with one attached hydrogen (secondary N) is 2. The van der Waals surface area contributed by atoms with Crippen molar-refractivity contribution in [2.45, 2.75) is 45.4 Å². The average Bonchev–Trinajstić information content (AvgIpc) is 3.12. The van der Waals surface area contributed by atoms with Crippen molar-refractivity contribution in [2.24, 2.45) is 5.92 Å². The molecule has 0 aliphatic heterocycles. The van der Waals surface area contributed by atoms with E-state index in [1.165, 1.54) is 12.8 Å². The van der Waals surface area contributed by atoms with Crippen LogP contribution in [0.15, 0.2) is 11.0 Å². The third kappa shape index (κ3) is 3.17. The second kappa shape index (κ2) is 5.63. The van der Waals surface area contributed by atoms with E-state index in [0.717, 1.165) is 0 Å². The number of nitrogens with zero attached hydrogens (tertiary/aromatic N) is 1. The largest absolute Gasteiger partial charge is 0.373 e. The number of rotatable bonds is 6. The molecule has 0 spiro atoms. The Morgan fingerprint density at radius 2 is 2.28 bits per heavy atom. The third-order valence-corrected chi connectivity index (χ3v) is 3.18. The Morgan fingerprint density at radius 1 is 1.56 bits per heavy atom. The van der Waals surface area contributed by atoms with E-state index in [-0.39, 0.29) is 17.6 Å². The number of methoxy groups -OCH3 is 1.